The molecule has 5 nitrogen and oxygen atoms in total. The average Bonchev–Trinajstić information content (AvgIpc) is 3.53. The van der Waals surface area contributed by atoms with Crippen LogP contribution in [-0.2, 0) is 21.1 Å². The highest BCUT2D eigenvalue weighted by molar-refractivity contribution is 6.00. The van der Waals surface area contributed by atoms with Gasteiger partial charge in [0.15, 0.2) is 11.5 Å². The molecule has 2 aromatic carbocycles. The van der Waals surface area contributed by atoms with Crippen molar-refractivity contribution in [2.45, 2.75) is 43.2 Å². The van der Waals surface area contributed by atoms with E-state index in [-0.39, 0.29) is 5.91 Å². The molecule has 1 aliphatic carbocycles. The van der Waals surface area contributed by atoms with Gasteiger partial charge in [-0.05, 0) is 55.5 Å². The Hall–Kier alpha value is -2.87. The van der Waals surface area contributed by atoms with Crippen molar-refractivity contribution in [3.8, 4) is 0 Å². The summed E-state index contributed by atoms with van der Waals surface area (Å²) in [6.07, 6.45) is -1.73. The average molecular weight is 430 g/mol. The Balaban J connectivity index is 1.46. The molecule has 1 N–H and O–H groups in total. The molecule has 0 radical (unpaired) electrons. The van der Waals surface area contributed by atoms with E-state index in [2.05, 4.69) is 10.3 Å². The maximum atomic E-state index is 13.4. The van der Waals surface area contributed by atoms with Gasteiger partial charge in [-0.3, -0.25) is 4.79 Å². The summed E-state index contributed by atoms with van der Waals surface area (Å²) in [6.45, 7) is 0.605. The summed E-state index contributed by atoms with van der Waals surface area (Å²) >= 11 is 0. The first-order chi connectivity index (χ1) is 14.8. The number of nitrogens with zero attached hydrogens (tertiary/aromatic N) is 1. The van der Waals surface area contributed by atoms with Gasteiger partial charge in [0.1, 0.15) is 5.52 Å². The number of oxazole rings is 1. The van der Waals surface area contributed by atoms with E-state index in [1.165, 1.54) is 6.07 Å². The highest BCUT2D eigenvalue weighted by Crippen LogP contribution is 2.41. The van der Waals surface area contributed by atoms with Crippen LogP contribution in [0.5, 0.6) is 0 Å². The lowest BCUT2D eigenvalue weighted by molar-refractivity contribution is -0.138. The van der Waals surface area contributed by atoms with E-state index in [0.717, 1.165) is 25.0 Å². The van der Waals surface area contributed by atoms with Gasteiger partial charge in [-0.2, -0.15) is 13.2 Å². The third-order valence-corrected chi connectivity index (χ3v) is 6.11. The number of rotatable bonds is 4. The van der Waals surface area contributed by atoms with Gasteiger partial charge in [0.2, 0.25) is 5.91 Å². The van der Waals surface area contributed by atoms with E-state index in [1.807, 2.05) is 0 Å². The largest absolute Gasteiger partial charge is 0.440 e. The maximum Gasteiger partial charge on any atom is 0.416 e. The molecule has 0 unspecified atom stereocenters. The van der Waals surface area contributed by atoms with Crippen molar-refractivity contribution in [3.63, 3.8) is 0 Å². The van der Waals surface area contributed by atoms with Crippen molar-refractivity contribution >= 4 is 22.7 Å². The zero-order chi connectivity index (χ0) is 21.6. The Bertz CT molecular complexity index is 1130. The van der Waals surface area contributed by atoms with Crippen LogP contribution in [0.1, 0.15) is 48.6 Å². The number of hydrogen-bond donors (Lipinski definition) is 1. The highest BCUT2D eigenvalue weighted by atomic mass is 19.4. The molecular weight excluding hydrogens is 409 g/mol. The molecule has 1 aliphatic heterocycles. The number of anilines is 1. The second kappa shape index (κ2) is 7.37. The fraction of sp³-hybridized carbons (Fsp3) is 0.391. The topological polar surface area (TPSA) is 64.4 Å². The number of ether oxygens (including phenoxy) is 1. The number of halogens is 3. The van der Waals surface area contributed by atoms with Crippen molar-refractivity contribution in [3.05, 3.63) is 59.5 Å². The van der Waals surface area contributed by atoms with Crippen molar-refractivity contribution < 1.29 is 27.1 Å². The SMILES string of the molecule is O=C(Nc1ccc2oc(C3CC3)nc2c1)C1(c2cccc(C(F)(F)F)c2)CCOCC1. The van der Waals surface area contributed by atoms with Crippen LogP contribution in [0.3, 0.4) is 0 Å². The smallest absolute Gasteiger partial charge is 0.416 e. The zero-order valence-electron chi connectivity index (χ0n) is 16.7. The first kappa shape index (κ1) is 20.1. The number of amides is 1. The number of alkyl halides is 3. The number of fused-ring (bicyclic) bond motifs is 1. The molecule has 162 valence electrons. The third-order valence-electron chi connectivity index (χ3n) is 6.11. The molecule has 1 saturated heterocycles. The summed E-state index contributed by atoms with van der Waals surface area (Å²) in [4.78, 5) is 17.9. The second-order valence-electron chi connectivity index (χ2n) is 8.24. The molecule has 1 aromatic heterocycles. The molecule has 31 heavy (non-hydrogen) atoms. The van der Waals surface area contributed by atoms with Crippen LogP contribution in [-0.4, -0.2) is 24.1 Å². The van der Waals surface area contributed by atoms with Crippen molar-refractivity contribution in [2.24, 2.45) is 0 Å². The minimum absolute atomic E-state index is 0.302. The lowest BCUT2D eigenvalue weighted by Crippen LogP contribution is -2.45. The van der Waals surface area contributed by atoms with Gasteiger partial charge in [-0.25, -0.2) is 4.98 Å². The second-order valence-corrected chi connectivity index (χ2v) is 8.24. The van der Waals surface area contributed by atoms with Crippen molar-refractivity contribution in [1.82, 2.24) is 4.98 Å². The Morgan fingerprint density at radius 1 is 1.10 bits per heavy atom. The number of nitrogens with one attached hydrogen (secondary N) is 1. The van der Waals surface area contributed by atoms with Crippen LogP contribution in [0.25, 0.3) is 11.1 Å². The fourth-order valence-electron chi connectivity index (χ4n) is 4.14. The minimum atomic E-state index is -4.48. The van der Waals surface area contributed by atoms with Gasteiger partial charge in [0.05, 0.1) is 11.0 Å². The molecule has 0 spiro atoms. The van der Waals surface area contributed by atoms with Crippen molar-refractivity contribution in [1.29, 1.82) is 0 Å². The predicted octanol–water partition coefficient (Wildman–Crippen LogP) is 5.41. The predicted molar refractivity (Wildman–Crippen MR) is 108 cm³/mol. The van der Waals surface area contributed by atoms with Crippen LogP contribution in [0.4, 0.5) is 18.9 Å². The molecule has 0 bridgehead atoms. The molecule has 1 amide bonds. The number of aromatic nitrogens is 1. The summed E-state index contributed by atoms with van der Waals surface area (Å²) < 4.78 is 51.0. The Morgan fingerprint density at radius 3 is 2.58 bits per heavy atom. The van der Waals surface area contributed by atoms with Crippen LogP contribution in [0.2, 0.25) is 0 Å². The summed E-state index contributed by atoms with van der Waals surface area (Å²) in [5, 5.41) is 2.90. The van der Waals surface area contributed by atoms with Crippen LogP contribution >= 0.6 is 0 Å². The Morgan fingerprint density at radius 2 is 1.87 bits per heavy atom. The van der Waals surface area contributed by atoms with Crippen LogP contribution < -0.4 is 5.32 Å². The lowest BCUT2D eigenvalue weighted by Gasteiger charge is -2.36. The molecule has 0 atom stereocenters. The van der Waals surface area contributed by atoms with Gasteiger partial charge in [0.25, 0.3) is 0 Å². The van der Waals surface area contributed by atoms with E-state index in [9.17, 15) is 18.0 Å². The quantitative estimate of drug-likeness (QED) is 0.601. The van der Waals surface area contributed by atoms with Crippen LogP contribution in [0.15, 0.2) is 46.9 Å². The zero-order valence-corrected chi connectivity index (χ0v) is 16.7. The van der Waals surface area contributed by atoms with Gasteiger partial charge in [-0.15, -0.1) is 0 Å². The molecule has 1 saturated carbocycles. The van der Waals surface area contributed by atoms with Gasteiger partial charge in [0, 0.05) is 24.8 Å². The van der Waals surface area contributed by atoms with E-state index in [1.54, 1.807) is 24.3 Å². The lowest BCUT2D eigenvalue weighted by atomic mass is 9.73. The van der Waals surface area contributed by atoms with Gasteiger partial charge < -0.3 is 14.5 Å². The van der Waals surface area contributed by atoms with Gasteiger partial charge in [-0.1, -0.05) is 18.2 Å². The monoisotopic (exact) mass is 430 g/mol. The Kier molecular flexibility index (Phi) is 4.77. The van der Waals surface area contributed by atoms with E-state index in [0.29, 0.717) is 60.2 Å². The summed E-state index contributed by atoms with van der Waals surface area (Å²) in [5.74, 6) is 0.737. The van der Waals surface area contributed by atoms with E-state index in [4.69, 9.17) is 9.15 Å². The fourth-order valence-corrected chi connectivity index (χ4v) is 4.14. The van der Waals surface area contributed by atoms with Gasteiger partial charge >= 0.3 is 6.18 Å². The Labute approximate surface area is 176 Å². The van der Waals surface area contributed by atoms with Crippen molar-refractivity contribution in [2.75, 3.05) is 18.5 Å². The molecule has 2 heterocycles. The summed E-state index contributed by atoms with van der Waals surface area (Å²) in [5.41, 5.74) is 0.323. The minimum Gasteiger partial charge on any atom is -0.440 e. The molecular formula is C23H21F3N2O3. The highest BCUT2D eigenvalue weighted by Gasteiger charge is 2.43. The molecule has 2 aliphatic rings. The number of hydrogen-bond acceptors (Lipinski definition) is 4. The standard InChI is InChI=1S/C23H21F3N2O3/c24-23(25,26)16-3-1-2-15(12-16)22(8-10-30-11-9-22)21(29)27-17-6-7-19-18(13-17)28-20(31-19)14-4-5-14/h1-3,6-7,12-14H,4-5,8-11H2,(H,27,29). The van der Waals surface area contributed by atoms with E-state index < -0.39 is 17.2 Å². The first-order valence-corrected chi connectivity index (χ1v) is 10.3. The number of carbonyl (C=O) groups is 1. The first-order valence-electron chi connectivity index (χ1n) is 10.3. The summed E-state index contributed by atoms with van der Waals surface area (Å²) in [6, 6.07) is 10.2. The molecule has 3 aromatic rings. The van der Waals surface area contributed by atoms with E-state index >= 15 is 0 Å². The molecule has 5 rings (SSSR count). The molecule has 8 heteroatoms. The normalized spacial score (nSPS) is 18.8. The number of benzene rings is 2. The van der Waals surface area contributed by atoms with Crippen LogP contribution in [0, 0.1) is 0 Å². The third kappa shape index (κ3) is 3.80. The summed E-state index contributed by atoms with van der Waals surface area (Å²) in [7, 11) is 0. The maximum absolute atomic E-state index is 13.4. The molecule has 2 fully saturated rings. The number of carbonyl (C=O) groups excluding carboxylic acids is 1.